The Balaban J connectivity index is 1.88. The van der Waals surface area contributed by atoms with E-state index in [2.05, 4.69) is 0 Å². The van der Waals surface area contributed by atoms with Gasteiger partial charge in [0.25, 0.3) is 0 Å². The second-order valence-corrected chi connectivity index (χ2v) is 7.32. The maximum absolute atomic E-state index is 12.1. The number of piperidine rings is 1. The number of aryl methyl sites for hydroxylation is 1. The van der Waals surface area contributed by atoms with Gasteiger partial charge in [0.15, 0.2) is 5.78 Å². The number of rotatable bonds is 3. The molecule has 0 aromatic heterocycles. The topological polar surface area (TPSA) is 55.8 Å². The monoisotopic (exact) mass is 333 g/mol. The van der Waals surface area contributed by atoms with Crippen molar-refractivity contribution in [3.8, 4) is 5.75 Å². The summed E-state index contributed by atoms with van der Waals surface area (Å²) in [6.07, 6.45) is 1.35. The first-order valence-electron chi connectivity index (χ1n) is 8.42. The third kappa shape index (κ3) is 4.98. The lowest BCUT2D eigenvalue weighted by Crippen LogP contribution is -2.44. The first kappa shape index (κ1) is 18.3. The first-order chi connectivity index (χ1) is 11.2. The molecule has 2 rings (SSSR count). The van der Waals surface area contributed by atoms with Gasteiger partial charge in [0.2, 0.25) is 0 Å². The summed E-state index contributed by atoms with van der Waals surface area (Å²) in [5.74, 6) is 0.831. The zero-order chi connectivity index (χ0) is 17.9. The fraction of sp³-hybridized carbons (Fsp3) is 0.579. The van der Waals surface area contributed by atoms with E-state index in [1.807, 2.05) is 45.9 Å². The van der Waals surface area contributed by atoms with Gasteiger partial charge in [-0.3, -0.25) is 4.79 Å². The molecule has 1 heterocycles. The van der Waals surface area contributed by atoms with Crippen molar-refractivity contribution in [2.24, 2.45) is 0 Å². The van der Waals surface area contributed by atoms with E-state index in [0.717, 1.165) is 29.7 Å². The van der Waals surface area contributed by atoms with Crippen LogP contribution in [0.15, 0.2) is 18.2 Å². The molecule has 1 saturated heterocycles. The highest BCUT2D eigenvalue weighted by atomic mass is 16.6. The number of hydrogen-bond donors (Lipinski definition) is 0. The van der Waals surface area contributed by atoms with Crippen LogP contribution in [0.1, 0.15) is 56.5 Å². The van der Waals surface area contributed by atoms with Gasteiger partial charge in [-0.25, -0.2) is 4.79 Å². The predicted molar refractivity (Wildman–Crippen MR) is 92.6 cm³/mol. The van der Waals surface area contributed by atoms with Gasteiger partial charge in [-0.2, -0.15) is 0 Å². The van der Waals surface area contributed by atoms with E-state index in [-0.39, 0.29) is 18.0 Å². The Morgan fingerprint density at radius 3 is 2.29 bits per heavy atom. The smallest absolute Gasteiger partial charge is 0.410 e. The average molecular weight is 333 g/mol. The van der Waals surface area contributed by atoms with E-state index in [0.29, 0.717) is 13.1 Å². The molecule has 0 atom stereocenters. The third-order valence-electron chi connectivity index (χ3n) is 3.97. The summed E-state index contributed by atoms with van der Waals surface area (Å²) in [7, 11) is 0. The molecule has 1 aromatic rings. The van der Waals surface area contributed by atoms with Gasteiger partial charge in [0.1, 0.15) is 17.5 Å². The second kappa shape index (κ2) is 7.24. The van der Waals surface area contributed by atoms with Crippen molar-refractivity contribution in [1.82, 2.24) is 4.90 Å². The Morgan fingerprint density at radius 1 is 1.17 bits per heavy atom. The molecule has 0 spiro atoms. The summed E-state index contributed by atoms with van der Waals surface area (Å²) in [6.45, 7) is 10.3. The molecule has 0 aliphatic carbocycles. The molecule has 0 unspecified atom stereocenters. The molecule has 5 heteroatoms. The molecule has 0 bridgehead atoms. The van der Waals surface area contributed by atoms with Crippen LogP contribution >= 0.6 is 0 Å². The van der Waals surface area contributed by atoms with Crippen LogP contribution in [-0.2, 0) is 4.74 Å². The maximum atomic E-state index is 12.1. The number of nitrogens with zero attached hydrogens (tertiary/aromatic N) is 1. The third-order valence-corrected chi connectivity index (χ3v) is 3.97. The van der Waals surface area contributed by atoms with Gasteiger partial charge in [-0.1, -0.05) is 0 Å². The van der Waals surface area contributed by atoms with E-state index < -0.39 is 5.60 Å². The van der Waals surface area contributed by atoms with Gasteiger partial charge in [0, 0.05) is 31.5 Å². The second-order valence-electron chi connectivity index (χ2n) is 7.32. The standard InChI is InChI=1S/C19H27NO4/c1-13-12-16(6-7-17(13)14(2)21)23-15-8-10-20(11-9-15)18(22)24-19(3,4)5/h6-7,12,15H,8-11H2,1-5H3. The van der Waals surface area contributed by atoms with Gasteiger partial charge in [0.05, 0.1) is 0 Å². The highest BCUT2D eigenvalue weighted by molar-refractivity contribution is 5.95. The zero-order valence-corrected chi connectivity index (χ0v) is 15.2. The SMILES string of the molecule is CC(=O)c1ccc(OC2CCN(C(=O)OC(C)(C)C)CC2)cc1C. The van der Waals surface area contributed by atoms with Crippen LogP contribution in [0.2, 0.25) is 0 Å². The fourth-order valence-electron chi connectivity index (χ4n) is 2.78. The van der Waals surface area contributed by atoms with Crippen molar-refractivity contribution in [3.63, 3.8) is 0 Å². The quantitative estimate of drug-likeness (QED) is 0.785. The van der Waals surface area contributed by atoms with Crippen LogP contribution < -0.4 is 4.74 Å². The molecule has 0 radical (unpaired) electrons. The normalized spacial score (nSPS) is 16.0. The van der Waals surface area contributed by atoms with Crippen LogP contribution in [0, 0.1) is 6.92 Å². The number of ether oxygens (including phenoxy) is 2. The molecular weight excluding hydrogens is 306 g/mol. The lowest BCUT2D eigenvalue weighted by Gasteiger charge is -2.33. The summed E-state index contributed by atoms with van der Waals surface area (Å²) >= 11 is 0. The molecule has 0 N–H and O–H groups in total. The van der Waals surface area contributed by atoms with E-state index in [1.54, 1.807) is 11.8 Å². The Hall–Kier alpha value is -2.04. The molecular formula is C19H27NO4. The Morgan fingerprint density at radius 2 is 1.79 bits per heavy atom. The summed E-state index contributed by atoms with van der Waals surface area (Å²) in [6, 6.07) is 5.55. The van der Waals surface area contributed by atoms with Crippen LogP contribution in [0.4, 0.5) is 4.79 Å². The summed E-state index contributed by atoms with van der Waals surface area (Å²) in [5, 5.41) is 0. The number of likely N-dealkylation sites (tertiary alicyclic amines) is 1. The average Bonchev–Trinajstić information content (AvgIpc) is 2.45. The van der Waals surface area contributed by atoms with Crippen molar-refractivity contribution in [2.45, 2.75) is 59.2 Å². The van der Waals surface area contributed by atoms with Crippen molar-refractivity contribution >= 4 is 11.9 Å². The number of hydrogen-bond acceptors (Lipinski definition) is 4. The number of ketones is 1. The molecule has 24 heavy (non-hydrogen) atoms. The number of benzene rings is 1. The minimum absolute atomic E-state index is 0.0599. The van der Waals surface area contributed by atoms with E-state index in [1.165, 1.54) is 0 Å². The predicted octanol–water partition coefficient (Wildman–Crippen LogP) is 3.98. The summed E-state index contributed by atoms with van der Waals surface area (Å²) in [4.78, 5) is 25.3. The first-order valence-corrected chi connectivity index (χ1v) is 8.42. The fourth-order valence-corrected chi connectivity index (χ4v) is 2.78. The van der Waals surface area contributed by atoms with Crippen LogP contribution in [-0.4, -0.2) is 41.6 Å². The molecule has 1 aliphatic rings. The molecule has 1 fully saturated rings. The largest absolute Gasteiger partial charge is 0.490 e. The van der Waals surface area contributed by atoms with E-state index >= 15 is 0 Å². The highest BCUT2D eigenvalue weighted by Crippen LogP contribution is 2.23. The number of Topliss-reactive ketones (excluding diaryl/α,β-unsaturated/α-hetero) is 1. The lowest BCUT2D eigenvalue weighted by atomic mass is 10.0. The van der Waals surface area contributed by atoms with Crippen molar-refractivity contribution in [3.05, 3.63) is 29.3 Å². The van der Waals surface area contributed by atoms with Crippen molar-refractivity contribution < 1.29 is 19.1 Å². The van der Waals surface area contributed by atoms with E-state index in [4.69, 9.17) is 9.47 Å². The molecule has 1 amide bonds. The van der Waals surface area contributed by atoms with Gasteiger partial charge in [-0.15, -0.1) is 0 Å². The maximum Gasteiger partial charge on any atom is 0.410 e. The molecule has 0 saturated carbocycles. The van der Waals surface area contributed by atoms with Crippen molar-refractivity contribution in [2.75, 3.05) is 13.1 Å². The molecule has 1 aromatic carbocycles. The number of amides is 1. The van der Waals surface area contributed by atoms with E-state index in [9.17, 15) is 9.59 Å². The number of carbonyl (C=O) groups excluding carboxylic acids is 2. The Bertz CT molecular complexity index is 610. The molecule has 1 aliphatic heterocycles. The zero-order valence-electron chi connectivity index (χ0n) is 15.2. The highest BCUT2D eigenvalue weighted by Gasteiger charge is 2.27. The van der Waals surface area contributed by atoms with Crippen LogP contribution in [0.3, 0.4) is 0 Å². The summed E-state index contributed by atoms with van der Waals surface area (Å²) < 4.78 is 11.4. The van der Waals surface area contributed by atoms with Crippen molar-refractivity contribution in [1.29, 1.82) is 0 Å². The molecule has 132 valence electrons. The van der Waals surface area contributed by atoms with Gasteiger partial charge in [-0.05, 0) is 58.4 Å². The Kier molecular flexibility index (Phi) is 5.52. The minimum atomic E-state index is -0.472. The van der Waals surface area contributed by atoms with Gasteiger partial charge >= 0.3 is 6.09 Å². The van der Waals surface area contributed by atoms with Crippen LogP contribution in [0.25, 0.3) is 0 Å². The van der Waals surface area contributed by atoms with Gasteiger partial charge < -0.3 is 14.4 Å². The minimum Gasteiger partial charge on any atom is -0.490 e. The lowest BCUT2D eigenvalue weighted by molar-refractivity contribution is 0.0126. The number of carbonyl (C=O) groups is 2. The molecule has 5 nitrogen and oxygen atoms in total. The van der Waals surface area contributed by atoms with Crippen LogP contribution in [0.5, 0.6) is 5.75 Å². The Labute approximate surface area is 143 Å². The summed E-state index contributed by atoms with van der Waals surface area (Å²) in [5.41, 5.74) is 1.17.